The van der Waals surface area contributed by atoms with Gasteiger partial charge in [-0.2, -0.15) is 5.10 Å². The van der Waals surface area contributed by atoms with E-state index in [9.17, 15) is 9.59 Å². The van der Waals surface area contributed by atoms with Crippen LogP contribution in [0.3, 0.4) is 0 Å². The smallest absolute Gasteiger partial charge is 0.272 e. The summed E-state index contributed by atoms with van der Waals surface area (Å²) in [6, 6.07) is 0.995. The number of carbonyl (C=O) groups excluding carboxylic acids is 2. The number of aromatic amines is 1. The molecule has 100 valence electrons. The summed E-state index contributed by atoms with van der Waals surface area (Å²) in [5.74, 6) is -0.736. The Morgan fingerprint density at radius 2 is 1.94 bits per heavy atom. The van der Waals surface area contributed by atoms with Gasteiger partial charge >= 0.3 is 0 Å². The summed E-state index contributed by atoms with van der Waals surface area (Å²) in [6.45, 7) is 7.63. The molecule has 2 amide bonds. The van der Waals surface area contributed by atoms with Gasteiger partial charge in [0.1, 0.15) is 11.7 Å². The molecule has 0 saturated carbocycles. The van der Waals surface area contributed by atoms with E-state index in [2.05, 4.69) is 15.5 Å². The number of aromatic nitrogens is 2. The molecule has 0 unspecified atom stereocenters. The normalized spacial score (nSPS) is 12.8. The predicted octanol–water partition coefficient (Wildman–Crippen LogP) is 0.773. The summed E-state index contributed by atoms with van der Waals surface area (Å²) in [6.07, 6.45) is 0. The van der Waals surface area contributed by atoms with Crippen molar-refractivity contribution in [3.05, 3.63) is 17.5 Å². The van der Waals surface area contributed by atoms with Crippen molar-refractivity contribution >= 4 is 11.8 Å². The van der Waals surface area contributed by atoms with Crippen LogP contribution in [-0.2, 0) is 4.79 Å². The Balaban J connectivity index is 2.77. The second-order valence-electron chi connectivity index (χ2n) is 4.96. The van der Waals surface area contributed by atoms with E-state index in [4.69, 9.17) is 5.73 Å². The summed E-state index contributed by atoms with van der Waals surface area (Å²) in [4.78, 5) is 23.1. The SMILES string of the molecule is CC(C)c1cc(C(=O)N[C@@H](C(N)=O)C(C)C)n[nH]1. The lowest BCUT2D eigenvalue weighted by Crippen LogP contribution is -2.47. The van der Waals surface area contributed by atoms with Gasteiger partial charge in [-0.05, 0) is 17.9 Å². The zero-order valence-electron chi connectivity index (χ0n) is 11.2. The fraction of sp³-hybridized carbons (Fsp3) is 0.583. The van der Waals surface area contributed by atoms with Gasteiger partial charge in [-0.15, -0.1) is 0 Å². The topological polar surface area (TPSA) is 101 Å². The Morgan fingerprint density at radius 1 is 1.33 bits per heavy atom. The van der Waals surface area contributed by atoms with Crippen molar-refractivity contribution in [2.45, 2.75) is 39.7 Å². The quantitative estimate of drug-likeness (QED) is 0.721. The average Bonchev–Trinajstić information content (AvgIpc) is 2.73. The third-order valence-corrected chi connectivity index (χ3v) is 2.71. The highest BCUT2D eigenvalue weighted by Crippen LogP contribution is 2.12. The van der Waals surface area contributed by atoms with E-state index in [-0.39, 0.29) is 17.5 Å². The highest BCUT2D eigenvalue weighted by molar-refractivity contribution is 5.95. The van der Waals surface area contributed by atoms with E-state index in [1.54, 1.807) is 6.07 Å². The van der Waals surface area contributed by atoms with Crippen LogP contribution >= 0.6 is 0 Å². The van der Waals surface area contributed by atoms with Crippen molar-refractivity contribution in [2.75, 3.05) is 0 Å². The second kappa shape index (κ2) is 5.66. The van der Waals surface area contributed by atoms with Crippen LogP contribution in [-0.4, -0.2) is 28.1 Å². The highest BCUT2D eigenvalue weighted by atomic mass is 16.2. The van der Waals surface area contributed by atoms with Gasteiger partial charge in [0.05, 0.1) is 0 Å². The number of nitrogens with one attached hydrogen (secondary N) is 2. The molecule has 0 aromatic carbocycles. The Morgan fingerprint density at radius 3 is 2.33 bits per heavy atom. The van der Waals surface area contributed by atoms with Crippen LogP contribution < -0.4 is 11.1 Å². The van der Waals surface area contributed by atoms with Crippen LogP contribution in [0.15, 0.2) is 6.07 Å². The van der Waals surface area contributed by atoms with Gasteiger partial charge in [-0.1, -0.05) is 27.7 Å². The maximum Gasteiger partial charge on any atom is 0.272 e. The lowest BCUT2D eigenvalue weighted by atomic mass is 10.0. The lowest BCUT2D eigenvalue weighted by molar-refractivity contribution is -0.120. The highest BCUT2D eigenvalue weighted by Gasteiger charge is 2.23. The minimum atomic E-state index is -0.684. The van der Waals surface area contributed by atoms with E-state index in [1.165, 1.54) is 0 Å². The summed E-state index contributed by atoms with van der Waals surface area (Å²) in [7, 11) is 0. The molecular formula is C12H20N4O2. The molecule has 0 aliphatic rings. The monoisotopic (exact) mass is 252 g/mol. The number of amides is 2. The maximum absolute atomic E-state index is 11.9. The molecule has 1 aromatic rings. The summed E-state index contributed by atoms with van der Waals surface area (Å²) >= 11 is 0. The first-order chi connectivity index (χ1) is 8.32. The first-order valence-electron chi connectivity index (χ1n) is 5.98. The van der Waals surface area contributed by atoms with E-state index in [0.29, 0.717) is 0 Å². The number of hydrogen-bond acceptors (Lipinski definition) is 3. The van der Waals surface area contributed by atoms with Gasteiger partial charge in [0.2, 0.25) is 5.91 Å². The third-order valence-electron chi connectivity index (χ3n) is 2.71. The fourth-order valence-electron chi connectivity index (χ4n) is 1.53. The van der Waals surface area contributed by atoms with Crippen LogP contribution in [0.4, 0.5) is 0 Å². The van der Waals surface area contributed by atoms with Crippen LogP contribution in [0.25, 0.3) is 0 Å². The molecule has 6 heteroatoms. The zero-order valence-corrected chi connectivity index (χ0v) is 11.2. The fourth-order valence-corrected chi connectivity index (χ4v) is 1.53. The van der Waals surface area contributed by atoms with Crippen LogP contribution in [0.1, 0.15) is 49.8 Å². The minimum absolute atomic E-state index is 0.0602. The van der Waals surface area contributed by atoms with Gasteiger partial charge in [0, 0.05) is 5.69 Å². The number of carbonyl (C=O) groups is 2. The molecule has 4 N–H and O–H groups in total. The van der Waals surface area contributed by atoms with Gasteiger partial charge in [0.25, 0.3) is 5.91 Å². The lowest BCUT2D eigenvalue weighted by Gasteiger charge is -2.17. The molecule has 0 radical (unpaired) electrons. The molecule has 1 heterocycles. The van der Waals surface area contributed by atoms with Crippen molar-refractivity contribution < 1.29 is 9.59 Å². The van der Waals surface area contributed by atoms with Crippen molar-refractivity contribution in [2.24, 2.45) is 11.7 Å². The molecule has 0 bridgehead atoms. The second-order valence-corrected chi connectivity index (χ2v) is 4.96. The van der Waals surface area contributed by atoms with Crippen molar-refractivity contribution in [3.63, 3.8) is 0 Å². The Hall–Kier alpha value is -1.85. The van der Waals surface area contributed by atoms with Gasteiger partial charge < -0.3 is 11.1 Å². The number of nitrogens with zero attached hydrogens (tertiary/aromatic N) is 1. The van der Waals surface area contributed by atoms with Gasteiger partial charge in [0.15, 0.2) is 0 Å². The number of H-pyrrole nitrogens is 1. The minimum Gasteiger partial charge on any atom is -0.368 e. The molecule has 0 aliphatic carbocycles. The molecule has 0 aliphatic heterocycles. The molecule has 18 heavy (non-hydrogen) atoms. The van der Waals surface area contributed by atoms with Crippen molar-refractivity contribution in [3.8, 4) is 0 Å². The third kappa shape index (κ3) is 3.32. The summed E-state index contributed by atoms with van der Waals surface area (Å²) in [5.41, 5.74) is 6.38. The molecule has 0 spiro atoms. The van der Waals surface area contributed by atoms with Crippen molar-refractivity contribution in [1.82, 2.24) is 15.5 Å². The maximum atomic E-state index is 11.9. The first-order valence-corrected chi connectivity index (χ1v) is 5.98. The zero-order chi connectivity index (χ0) is 13.9. The predicted molar refractivity (Wildman–Crippen MR) is 68.0 cm³/mol. The molecular weight excluding hydrogens is 232 g/mol. The van der Waals surface area contributed by atoms with Gasteiger partial charge in [-0.25, -0.2) is 0 Å². The van der Waals surface area contributed by atoms with E-state index in [0.717, 1.165) is 5.69 Å². The average molecular weight is 252 g/mol. The Bertz CT molecular complexity index is 437. The van der Waals surface area contributed by atoms with Gasteiger partial charge in [-0.3, -0.25) is 14.7 Å². The van der Waals surface area contributed by atoms with Crippen LogP contribution in [0.2, 0.25) is 0 Å². The largest absolute Gasteiger partial charge is 0.368 e. The van der Waals surface area contributed by atoms with E-state index < -0.39 is 17.9 Å². The van der Waals surface area contributed by atoms with Crippen molar-refractivity contribution in [1.29, 1.82) is 0 Å². The van der Waals surface area contributed by atoms with Crippen LogP contribution in [0, 0.1) is 5.92 Å². The summed E-state index contributed by atoms with van der Waals surface area (Å²) < 4.78 is 0. The molecule has 1 rings (SSSR count). The van der Waals surface area contributed by atoms with E-state index >= 15 is 0 Å². The van der Waals surface area contributed by atoms with Crippen LogP contribution in [0.5, 0.6) is 0 Å². The Kier molecular flexibility index (Phi) is 4.47. The number of primary amides is 1. The number of nitrogens with two attached hydrogens (primary N) is 1. The summed E-state index contributed by atoms with van der Waals surface area (Å²) in [5, 5.41) is 9.30. The Labute approximate surface area is 106 Å². The molecule has 1 aromatic heterocycles. The molecule has 0 fully saturated rings. The molecule has 0 saturated heterocycles. The number of rotatable bonds is 5. The molecule has 1 atom stereocenters. The first kappa shape index (κ1) is 14.2. The van der Waals surface area contributed by atoms with E-state index in [1.807, 2.05) is 27.7 Å². The molecule has 6 nitrogen and oxygen atoms in total. The number of hydrogen-bond donors (Lipinski definition) is 3. The standard InChI is InChI=1S/C12H20N4O2/c1-6(2)8-5-9(16-15-8)12(18)14-10(7(3)4)11(13)17/h5-7,10H,1-4H3,(H2,13,17)(H,14,18)(H,15,16)/t10-/m1/s1.